The summed E-state index contributed by atoms with van der Waals surface area (Å²) in [4.78, 5) is 1.13. The molecule has 1 heterocycles. The Kier molecular flexibility index (Phi) is 3.74. The van der Waals surface area contributed by atoms with E-state index >= 15 is 0 Å². The molecule has 1 nitrogen and oxygen atoms in total. The fraction of sp³-hybridized carbons (Fsp3) is 0.125. The van der Waals surface area contributed by atoms with Gasteiger partial charge in [0.15, 0.2) is 0 Å². The van der Waals surface area contributed by atoms with Gasteiger partial charge in [-0.3, -0.25) is 0 Å². The van der Waals surface area contributed by atoms with E-state index < -0.39 is 5.82 Å². The van der Waals surface area contributed by atoms with Crippen molar-refractivity contribution in [3.8, 4) is 0 Å². The molecule has 0 amide bonds. The van der Waals surface area contributed by atoms with Crippen LogP contribution in [-0.4, -0.2) is 0 Å². The molecule has 1 aromatic heterocycles. The van der Waals surface area contributed by atoms with Crippen LogP contribution in [0.3, 0.4) is 0 Å². The molecule has 0 saturated carbocycles. The maximum atomic E-state index is 13.1. The zero-order chi connectivity index (χ0) is 14.1. The molecule has 0 aliphatic carbocycles. The van der Waals surface area contributed by atoms with Gasteiger partial charge in [0.1, 0.15) is 5.82 Å². The highest BCUT2D eigenvalue weighted by molar-refractivity contribution is 7.19. The third-order valence-electron chi connectivity index (χ3n) is 3.25. The van der Waals surface area contributed by atoms with Gasteiger partial charge in [-0.05, 0) is 41.6 Å². The highest BCUT2D eigenvalue weighted by Crippen LogP contribution is 2.30. The topological polar surface area (TPSA) is 26.0 Å². The van der Waals surface area contributed by atoms with Crippen molar-refractivity contribution in [2.75, 3.05) is 0 Å². The van der Waals surface area contributed by atoms with Gasteiger partial charge in [-0.2, -0.15) is 0 Å². The summed E-state index contributed by atoms with van der Waals surface area (Å²) < 4.78 is 14.4. The van der Waals surface area contributed by atoms with Gasteiger partial charge in [0.05, 0.1) is 5.02 Å². The van der Waals surface area contributed by atoms with E-state index in [1.807, 2.05) is 12.1 Å². The summed E-state index contributed by atoms with van der Waals surface area (Å²) in [6.07, 6.45) is 0.646. The zero-order valence-electron chi connectivity index (χ0n) is 10.6. The van der Waals surface area contributed by atoms with E-state index in [4.69, 9.17) is 17.3 Å². The molecule has 3 rings (SSSR count). The van der Waals surface area contributed by atoms with E-state index in [1.54, 1.807) is 23.5 Å². The first-order valence-electron chi connectivity index (χ1n) is 6.31. The molecule has 0 radical (unpaired) electrons. The van der Waals surface area contributed by atoms with Crippen LogP contribution in [0, 0.1) is 5.82 Å². The van der Waals surface area contributed by atoms with Crippen LogP contribution in [0.15, 0.2) is 48.5 Å². The maximum Gasteiger partial charge on any atom is 0.141 e. The van der Waals surface area contributed by atoms with Crippen LogP contribution in [0.4, 0.5) is 4.39 Å². The predicted molar refractivity (Wildman–Crippen MR) is 83.9 cm³/mol. The standard InChI is InChI=1S/C16H13ClFNS/c17-12-7-10(5-6-13(12)18)8-14(19)16-9-11-3-1-2-4-15(11)20-16/h1-7,9,14H,8,19H2. The number of rotatable bonds is 3. The van der Waals surface area contributed by atoms with Crippen LogP contribution >= 0.6 is 22.9 Å². The summed E-state index contributed by atoms with van der Waals surface area (Å²) in [6, 6.07) is 15.0. The lowest BCUT2D eigenvalue weighted by molar-refractivity contribution is 0.626. The quantitative estimate of drug-likeness (QED) is 0.729. The van der Waals surface area contributed by atoms with E-state index in [2.05, 4.69) is 18.2 Å². The first-order chi connectivity index (χ1) is 9.63. The van der Waals surface area contributed by atoms with Crippen LogP contribution in [0.25, 0.3) is 10.1 Å². The van der Waals surface area contributed by atoms with Crippen molar-refractivity contribution in [2.24, 2.45) is 5.73 Å². The molecule has 1 unspecified atom stereocenters. The minimum atomic E-state index is -0.397. The van der Waals surface area contributed by atoms with Crippen LogP contribution in [0.2, 0.25) is 5.02 Å². The van der Waals surface area contributed by atoms with Crippen LogP contribution < -0.4 is 5.73 Å². The van der Waals surface area contributed by atoms with E-state index in [-0.39, 0.29) is 11.1 Å². The van der Waals surface area contributed by atoms with Crippen molar-refractivity contribution in [1.29, 1.82) is 0 Å². The Morgan fingerprint density at radius 1 is 1.15 bits per heavy atom. The van der Waals surface area contributed by atoms with E-state index in [9.17, 15) is 4.39 Å². The van der Waals surface area contributed by atoms with Gasteiger partial charge in [-0.15, -0.1) is 11.3 Å². The number of hydrogen-bond donors (Lipinski definition) is 1. The Labute approximate surface area is 125 Å². The second-order valence-electron chi connectivity index (χ2n) is 4.75. The summed E-state index contributed by atoms with van der Waals surface area (Å²) in [5.41, 5.74) is 7.20. The fourth-order valence-electron chi connectivity index (χ4n) is 2.21. The van der Waals surface area contributed by atoms with Gasteiger partial charge in [0, 0.05) is 15.6 Å². The molecule has 0 bridgehead atoms. The second kappa shape index (κ2) is 5.52. The van der Waals surface area contributed by atoms with Gasteiger partial charge in [-0.1, -0.05) is 35.9 Å². The first-order valence-corrected chi connectivity index (χ1v) is 7.51. The highest BCUT2D eigenvalue weighted by Gasteiger charge is 2.12. The molecule has 3 aromatic rings. The van der Waals surface area contributed by atoms with Gasteiger partial charge in [-0.25, -0.2) is 4.39 Å². The lowest BCUT2D eigenvalue weighted by Gasteiger charge is -2.10. The molecular weight excluding hydrogens is 293 g/mol. The molecule has 0 aliphatic rings. The van der Waals surface area contributed by atoms with Gasteiger partial charge in [0.2, 0.25) is 0 Å². The molecule has 2 N–H and O–H groups in total. The molecule has 20 heavy (non-hydrogen) atoms. The van der Waals surface area contributed by atoms with Crippen molar-refractivity contribution < 1.29 is 4.39 Å². The van der Waals surface area contributed by atoms with Crippen molar-refractivity contribution in [3.63, 3.8) is 0 Å². The summed E-state index contributed by atoms with van der Waals surface area (Å²) in [7, 11) is 0. The zero-order valence-corrected chi connectivity index (χ0v) is 12.2. The van der Waals surface area contributed by atoms with Crippen molar-refractivity contribution in [1.82, 2.24) is 0 Å². The average Bonchev–Trinajstić information content (AvgIpc) is 2.87. The Bertz CT molecular complexity index is 720. The Morgan fingerprint density at radius 3 is 2.70 bits per heavy atom. The lowest BCUT2D eigenvalue weighted by Crippen LogP contribution is -2.11. The van der Waals surface area contributed by atoms with Gasteiger partial charge < -0.3 is 5.73 Å². The SMILES string of the molecule is NC(Cc1ccc(F)c(Cl)c1)c1cc2ccccc2s1. The fourth-order valence-corrected chi connectivity index (χ4v) is 3.48. The Morgan fingerprint density at radius 2 is 1.95 bits per heavy atom. The number of nitrogens with two attached hydrogens (primary N) is 1. The Hall–Kier alpha value is -1.42. The number of halogens is 2. The minimum Gasteiger partial charge on any atom is -0.323 e. The number of hydrogen-bond acceptors (Lipinski definition) is 2. The summed E-state index contributed by atoms with van der Waals surface area (Å²) >= 11 is 7.49. The summed E-state index contributed by atoms with van der Waals surface area (Å²) in [6.45, 7) is 0. The predicted octanol–water partition coefficient (Wildman–Crippen LogP) is 4.94. The molecule has 1 atom stereocenters. The highest BCUT2D eigenvalue weighted by atomic mass is 35.5. The average molecular weight is 306 g/mol. The molecule has 2 aromatic carbocycles. The third kappa shape index (κ3) is 2.70. The molecular formula is C16H13ClFNS. The van der Waals surface area contributed by atoms with Gasteiger partial charge >= 0.3 is 0 Å². The van der Waals surface area contributed by atoms with E-state index in [0.717, 1.165) is 10.4 Å². The lowest BCUT2D eigenvalue weighted by atomic mass is 10.0. The summed E-state index contributed by atoms with van der Waals surface area (Å²) in [5, 5.41) is 1.35. The first kappa shape index (κ1) is 13.6. The number of benzene rings is 2. The maximum absolute atomic E-state index is 13.1. The molecule has 0 aliphatic heterocycles. The number of fused-ring (bicyclic) bond motifs is 1. The van der Waals surface area contributed by atoms with Crippen LogP contribution in [-0.2, 0) is 6.42 Å². The van der Waals surface area contributed by atoms with Gasteiger partial charge in [0.25, 0.3) is 0 Å². The smallest absolute Gasteiger partial charge is 0.141 e. The summed E-state index contributed by atoms with van der Waals surface area (Å²) in [5.74, 6) is -0.397. The van der Waals surface area contributed by atoms with E-state index in [1.165, 1.54) is 16.2 Å². The van der Waals surface area contributed by atoms with E-state index in [0.29, 0.717) is 6.42 Å². The van der Waals surface area contributed by atoms with Crippen LogP contribution in [0.5, 0.6) is 0 Å². The molecule has 0 fully saturated rings. The molecule has 0 saturated heterocycles. The second-order valence-corrected chi connectivity index (χ2v) is 6.27. The minimum absolute atomic E-state index is 0.103. The third-order valence-corrected chi connectivity index (χ3v) is 4.79. The van der Waals surface area contributed by atoms with Crippen molar-refractivity contribution in [2.45, 2.75) is 12.5 Å². The molecule has 102 valence electrons. The van der Waals surface area contributed by atoms with Crippen molar-refractivity contribution in [3.05, 3.63) is 69.8 Å². The molecule has 0 spiro atoms. The van der Waals surface area contributed by atoms with Crippen molar-refractivity contribution >= 4 is 33.0 Å². The normalized spacial score (nSPS) is 12.8. The Balaban J connectivity index is 1.84. The molecule has 4 heteroatoms. The largest absolute Gasteiger partial charge is 0.323 e. The monoisotopic (exact) mass is 305 g/mol. The van der Waals surface area contributed by atoms with Crippen LogP contribution in [0.1, 0.15) is 16.5 Å². The number of thiophene rings is 1.